The largest absolute Gasteiger partial charge is 0.393 e. The molecule has 1 amide bonds. The van der Waals surface area contributed by atoms with Crippen molar-refractivity contribution in [2.45, 2.75) is 58.2 Å². The number of piperidine rings is 2. The summed E-state index contributed by atoms with van der Waals surface area (Å²) in [6.07, 6.45) is 2.64. The summed E-state index contributed by atoms with van der Waals surface area (Å²) in [6.45, 7) is 9.69. The molecular formula is C16H30N2O3. The molecule has 0 radical (unpaired) electrons. The summed E-state index contributed by atoms with van der Waals surface area (Å²) in [4.78, 5) is 16.6. The van der Waals surface area contributed by atoms with Gasteiger partial charge in [-0.2, -0.15) is 0 Å². The number of rotatable bonds is 3. The zero-order valence-corrected chi connectivity index (χ0v) is 13.6. The van der Waals surface area contributed by atoms with Crippen LogP contribution in [0.1, 0.15) is 46.5 Å². The van der Waals surface area contributed by atoms with Crippen molar-refractivity contribution in [3.63, 3.8) is 0 Å². The third kappa shape index (κ3) is 4.41. The lowest BCUT2D eigenvalue weighted by molar-refractivity contribution is -0.161. The van der Waals surface area contributed by atoms with Gasteiger partial charge >= 0.3 is 0 Å². The van der Waals surface area contributed by atoms with Gasteiger partial charge in [-0.3, -0.25) is 9.69 Å². The van der Waals surface area contributed by atoms with Crippen molar-refractivity contribution in [2.75, 3.05) is 32.7 Å². The maximum atomic E-state index is 12.7. The van der Waals surface area contributed by atoms with Crippen molar-refractivity contribution in [3.8, 4) is 0 Å². The molecule has 5 heteroatoms. The molecule has 0 aromatic rings. The van der Waals surface area contributed by atoms with E-state index in [2.05, 4.69) is 25.7 Å². The van der Waals surface area contributed by atoms with Gasteiger partial charge in [0.05, 0.1) is 6.10 Å². The highest BCUT2D eigenvalue weighted by molar-refractivity contribution is 5.86. The maximum Gasteiger partial charge on any atom is 0.255 e. The van der Waals surface area contributed by atoms with E-state index in [1.165, 1.54) is 0 Å². The fraction of sp³-hybridized carbons (Fsp3) is 0.938. The van der Waals surface area contributed by atoms with E-state index in [1.807, 2.05) is 4.90 Å². The molecule has 2 N–H and O–H groups in total. The SMILES string of the molecule is CC(C)(C)CN1CCC[C@](O)(CN2CCC(O)CC2)C1=O. The first-order chi connectivity index (χ1) is 9.70. The number of aliphatic hydroxyl groups excluding tert-OH is 1. The van der Waals surface area contributed by atoms with Gasteiger partial charge < -0.3 is 15.1 Å². The van der Waals surface area contributed by atoms with Crippen LogP contribution in [0.2, 0.25) is 0 Å². The monoisotopic (exact) mass is 298 g/mol. The first kappa shape index (κ1) is 16.7. The van der Waals surface area contributed by atoms with Crippen LogP contribution >= 0.6 is 0 Å². The van der Waals surface area contributed by atoms with Gasteiger partial charge in [0.25, 0.3) is 5.91 Å². The number of aliphatic hydroxyl groups is 2. The van der Waals surface area contributed by atoms with Crippen molar-refractivity contribution in [3.05, 3.63) is 0 Å². The summed E-state index contributed by atoms with van der Waals surface area (Å²) in [6, 6.07) is 0. The van der Waals surface area contributed by atoms with Crippen molar-refractivity contribution in [1.82, 2.24) is 9.80 Å². The Kier molecular flexibility index (Phi) is 4.96. The summed E-state index contributed by atoms with van der Waals surface area (Å²) in [5, 5.41) is 20.4. The minimum Gasteiger partial charge on any atom is -0.393 e. The van der Waals surface area contributed by atoms with E-state index in [0.29, 0.717) is 19.5 Å². The molecule has 0 bridgehead atoms. The second kappa shape index (κ2) is 6.23. The van der Waals surface area contributed by atoms with E-state index >= 15 is 0 Å². The molecule has 2 heterocycles. The molecule has 0 aliphatic carbocycles. The lowest BCUT2D eigenvalue weighted by Crippen LogP contribution is -2.60. The predicted molar refractivity (Wildman–Crippen MR) is 81.9 cm³/mol. The number of β-amino-alcohol motifs (C(OH)–C–C–N with tert-alkyl or cyclic N) is 1. The number of amides is 1. The molecular weight excluding hydrogens is 268 g/mol. The molecule has 1 atom stereocenters. The fourth-order valence-corrected chi connectivity index (χ4v) is 3.38. The maximum absolute atomic E-state index is 12.7. The van der Waals surface area contributed by atoms with E-state index in [-0.39, 0.29) is 17.4 Å². The molecule has 2 saturated heterocycles. The van der Waals surface area contributed by atoms with Crippen LogP contribution in [0.3, 0.4) is 0 Å². The van der Waals surface area contributed by atoms with E-state index in [1.54, 1.807) is 0 Å². The second-order valence-corrected chi connectivity index (χ2v) is 7.93. The predicted octanol–water partition coefficient (Wildman–Crippen LogP) is 0.843. The van der Waals surface area contributed by atoms with Crippen LogP contribution in [0.15, 0.2) is 0 Å². The zero-order valence-electron chi connectivity index (χ0n) is 13.6. The van der Waals surface area contributed by atoms with Gasteiger partial charge in [0.1, 0.15) is 0 Å². The Bertz CT molecular complexity index is 372. The van der Waals surface area contributed by atoms with Crippen LogP contribution in [-0.4, -0.2) is 70.3 Å². The van der Waals surface area contributed by atoms with Gasteiger partial charge in [0.2, 0.25) is 0 Å². The number of hydrogen-bond acceptors (Lipinski definition) is 4. The first-order valence-corrected chi connectivity index (χ1v) is 8.12. The highest BCUT2D eigenvalue weighted by Gasteiger charge is 2.44. The Hall–Kier alpha value is -0.650. The number of hydrogen-bond donors (Lipinski definition) is 2. The van der Waals surface area contributed by atoms with Crippen LogP contribution in [0.5, 0.6) is 0 Å². The molecule has 0 aromatic carbocycles. The van der Waals surface area contributed by atoms with Crippen LogP contribution in [-0.2, 0) is 4.79 Å². The summed E-state index contributed by atoms with van der Waals surface area (Å²) >= 11 is 0. The minimum atomic E-state index is -1.24. The third-order valence-electron chi connectivity index (χ3n) is 4.41. The van der Waals surface area contributed by atoms with Crippen LogP contribution in [0.4, 0.5) is 0 Å². The number of likely N-dealkylation sites (tertiary alicyclic amines) is 2. The highest BCUT2D eigenvalue weighted by atomic mass is 16.3. The van der Waals surface area contributed by atoms with Gasteiger partial charge in [0, 0.05) is 32.7 Å². The van der Waals surface area contributed by atoms with E-state index < -0.39 is 5.60 Å². The zero-order chi connectivity index (χ0) is 15.7. The number of carbonyl (C=O) groups is 1. The lowest BCUT2D eigenvalue weighted by atomic mass is 9.88. The standard InChI is InChI=1S/C16H30N2O3/c1-15(2,3)11-18-8-4-7-16(21,14(18)20)12-17-9-5-13(19)6-10-17/h13,19,21H,4-12H2,1-3H3/t16-/m0/s1. The molecule has 2 rings (SSSR count). The minimum absolute atomic E-state index is 0.0448. The third-order valence-corrected chi connectivity index (χ3v) is 4.41. The molecule has 2 fully saturated rings. The van der Waals surface area contributed by atoms with Crippen LogP contribution in [0.25, 0.3) is 0 Å². The van der Waals surface area contributed by atoms with Crippen molar-refractivity contribution in [2.24, 2.45) is 5.41 Å². The van der Waals surface area contributed by atoms with Gasteiger partial charge in [-0.15, -0.1) is 0 Å². The average Bonchev–Trinajstić information content (AvgIpc) is 2.37. The first-order valence-electron chi connectivity index (χ1n) is 8.12. The van der Waals surface area contributed by atoms with Crippen LogP contribution < -0.4 is 0 Å². The van der Waals surface area contributed by atoms with Crippen molar-refractivity contribution >= 4 is 5.91 Å². The summed E-state index contributed by atoms with van der Waals surface area (Å²) in [5.74, 6) is -0.116. The molecule has 0 saturated carbocycles. The quantitative estimate of drug-likeness (QED) is 0.810. The highest BCUT2D eigenvalue weighted by Crippen LogP contribution is 2.27. The Morgan fingerprint density at radius 2 is 1.86 bits per heavy atom. The summed E-state index contributed by atoms with van der Waals surface area (Å²) in [5.41, 5.74) is -1.20. The Morgan fingerprint density at radius 3 is 2.43 bits per heavy atom. The molecule has 0 unspecified atom stereocenters. The van der Waals surface area contributed by atoms with E-state index in [9.17, 15) is 15.0 Å². The van der Waals surface area contributed by atoms with Crippen LogP contribution in [0, 0.1) is 5.41 Å². The Labute approximate surface area is 127 Å². The number of carbonyl (C=O) groups excluding carboxylic acids is 1. The topological polar surface area (TPSA) is 64.0 Å². The van der Waals surface area contributed by atoms with Gasteiger partial charge in [-0.05, 0) is 31.1 Å². The smallest absolute Gasteiger partial charge is 0.255 e. The van der Waals surface area contributed by atoms with E-state index in [4.69, 9.17) is 0 Å². The fourth-order valence-electron chi connectivity index (χ4n) is 3.38. The van der Waals surface area contributed by atoms with Gasteiger partial charge in [0.15, 0.2) is 5.60 Å². The molecule has 0 spiro atoms. The van der Waals surface area contributed by atoms with Crippen molar-refractivity contribution in [1.29, 1.82) is 0 Å². The molecule has 2 aliphatic rings. The lowest BCUT2D eigenvalue weighted by Gasteiger charge is -2.43. The molecule has 0 aromatic heterocycles. The molecule has 21 heavy (non-hydrogen) atoms. The normalized spacial score (nSPS) is 30.0. The van der Waals surface area contributed by atoms with Crippen molar-refractivity contribution < 1.29 is 15.0 Å². The Morgan fingerprint density at radius 1 is 1.24 bits per heavy atom. The van der Waals surface area contributed by atoms with E-state index in [0.717, 1.165) is 38.9 Å². The Balaban J connectivity index is 1.98. The molecule has 2 aliphatic heterocycles. The molecule has 5 nitrogen and oxygen atoms in total. The summed E-state index contributed by atoms with van der Waals surface area (Å²) < 4.78 is 0. The van der Waals surface area contributed by atoms with Gasteiger partial charge in [-0.1, -0.05) is 20.8 Å². The molecule has 122 valence electrons. The average molecular weight is 298 g/mol. The number of nitrogens with zero attached hydrogens (tertiary/aromatic N) is 2. The van der Waals surface area contributed by atoms with Gasteiger partial charge in [-0.25, -0.2) is 0 Å². The summed E-state index contributed by atoms with van der Waals surface area (Å²) in [7, 11) is 0. The second-order valence-electron chi connectivity index (χ2n) is 7.93.